The first-order valence-corrected chi connectivity index (χ1v) is 9.30. The molecule has 0 aromatic carbocycles. The van der Waals surface area contributed by atoms with E-state index < -0.39 is 10.2 Å². The average molecular weight is 305 g/mol. The third kappa shape index (κ3) is 4.69. The fraction of sp³-hybridized carbons (Fsp3) is 1.00. The van der Waals surface area contributed by atoms with Gasteiger partial charge in [-0.15, -0.1) is 0 Å². The van der Waals surface area contributed by atoms with Crippen LogP contribution in [0.3, 0.4) is 0 Å². The van der Waals surface area contributed by atoms with Crippen LogP contribution in [-0.4, -0.2) is 55.8 Å². The summed E-state index contributed by atoms with van der Waals surface area (Å²) in [4.78, 5) is 0. The number of hydrogen-bond donors (Lipinski definition) is 1. The molecule has 1 rings (SSSR count). The summed E-state index contributed by atoms with van der Waals surface area (Å²) in [5, 5.41) is 3.29. The van der Waals surface area contributed by atoms with Gasteiger partial charge in [-0.05, 0) is 25.3 Å². The Balaban J connectivity index is 2.85. The number of likely N-dealkylation sites (N-methyl/N-ethyl adjacent to an activating group) is 1. The minimum atomic E-state index is -3.32. The Hall–Kier alpha value is -0.170. The summed E-state index contributed by atoms with van der Waals surface area (Å²) in [6, 6.07) is 0.106. The van der Waals surface area contributed by atoms with Crippen LogP contribution < -0.4 is 5.32 Å². The number of rotatable bonds is 8. The van der Waals surface area contributed by atoms with E-state index in [1.54, 1.807) is 8.61 Å². The summed E-state index contributed by atoms with van der Waals surface area (Å²) < 4.78 is 29.1. The van der Waals surface area contributed by atoms with E-state index in [0.29, 0.717) is 25.6 Å². The summed E-state index contributed by atoms with van der Waals surface area (Å²) >= 11 is 0. The molecule has 1 aliphatic heterocycles. The standard InChI is InChI=1S/C14H31N3O2S/c1-5-15-11-14-9-7-8-10-17(14)20(18,19)16(6-2)12-13(3)4/h13-15H,5-12H2,1-4H3. The number of piperidine rings is 1. The second-order valence-corrected chi connectivity index (χ2v) is 7.80. The quantitative estimate of drug-likeness (QED) is 0.742. The van der Waals surface area contributed by atoms with Gasteiger partial charge in [-0.25, -0.2) is 0 Å². The molecular weight excluding hydrogens is 274 g/mol. The van der Waals surface area contributed by atoms with E-state index in [0.717, 1.165) is 32.4 Å². The molecule has 1 atom stereocenters. The predicted octanol–water partition coefficient (Wildman–Crippen LogP) is 1.67. The van der Waals surface area contributed by atoms with Gasteiger partial charge in [0.05, 0.1) is 0 Å². The Labute approximate surface area is 124 Å². The minimum Gasteiger partial charge on any atom is -0.315 e. The number of nitrogens with zero attached hydrogens (tertiary/aromatic N) is 2. The Morgan fingerprint density at radius 1 is 1.30 bits per heavy atom. The lowest BCUT2D eigenvalue weighted by atomic mass is 10.1. The van der Waals surface area contributed by atoms with E-state index in [9.17, 15) is 8.42 Å². The molecule has 0 spiro atoms. The Morgan fingerprint density at radius 2 is 2.00 bits per heavy atom. The highest BCUT2D eigenvalue weighted by Crippen LogP contribution is 2.23. The molecule has 1 aliphatic rings. The Bertz CT molecular complexity index is 371. The maximum Gasteiger partial charge on any atom is 0.282 e. The first kappa shape index (κ1) is 17.9. The van der Waals surface area contributed by atoms with E-state index in [-0.39, 0.29) is 6.04 Å². The largest absolute Gasteiger partial charge is 0.315 e. The van der Waals surface area contributed by atoms with Crippen LogP contribution in [0, 0.1) is 5.92 Å². The van der Waals surface area contributed by atoms with Crippen LogP contribution in [0.1, 0.15) is 47.0 Å². The molecule has 0 bridgehead atoms. The molecule has 1 fully saturated rings. The van der Waals surface area contributed by atoms with Gasteiger partial charge in [-0.1, -0.05) is 34.1 Å². The van der Waals surface area contributed by atoms with Crippen molar-refractivity contribution in [1.82, 2.24) is 13.9 Å². The van der Waals surface area contributed by atoms with Crippen LogP contribution in [0.4, 0.5) is 0 Å². The zero-order chi connectivity index (χ0) is 15.2. The van der Waals surface area contributed by atoms with Gasteiger partial charge in [-0.2, -0.15) is 17.0 Å². The second kappa shape index (κ2) is 8.32. The Morgan fingerprint density at radius 3 is 2.55 bits per heavy atom. The average Bonchev–Trinajstić information content (AvgIpc) is 2.42. The highest BCUT2D eigenvalue weighted by molar-refractivity contribution is 7.86. The SMILES string of the molecule is CCNCC1CCCCN1S(=O)(=O)N(CC)CC(C)C. The van der Waals surface area contributed by atoms with Crippen molar-refractivity contribution in [2.24, 2.45) is 5.92 Å². The van der Waals surface area contributed by atoms with Gasteiger partial charge < -0.3 is 5.32 Å². The van der Waals surface area contributed by atoms with Gasteiger partial charge in [0.15, 0.2) is 0 Å². The zero-order valence-electron chi connectivity index (χ0n) is 13.4. The van der Waals surface area contributed by atoms with Crippen LogP contribution in [0.5, 0.6) is 0 Å². The van der Waals surface area contributed by atoms with Crippen molar-refractivity contribution >= 4 is 10.2 Å². The molecule has 6 heteroatoms. The fourth-order valence-electron chi connectivity index (χ4n) is 2.73. The van der Waals surface area contributed by atoms with E-state index >= 15 is 0 Å². The molecule has 1 N–H and O–H groups in total. The van der Waals surface area contributed by atoms with Crippen molar-refractivity contribution in [2.45, 2.75) is 53.0 Å². The van der Waals surface area contributed by atoms with E-state index in [2.05, 4.69) is 26.1 Å². The highest BCUT2D eigenvalue weighted by atomic mass is 32.2. The molecule has 0 aromatic heterocycles. The van der Waals surface area contributed by atoms with Gasteiger partial charge >= 0.3 is 0 Å². The lowest BCUT2D eigenvalue weighted by molar-refractivity contribution is 0.224. The lowest BCUT2D eigenvalue weighted by Crippen LogP contribution is -2.54. The van der Waals surface area contributed by atoms with Gasteiger partial charge in [0.1, 0.15) is 0 Å². The van der Waals surface area contributed by atoms with Gasteiger partial charge in [-0.3, -0.25) is 0 Å². The number of hydrogen-bond acceptors (Lipinski definition) is 3. The fourth-order valence-corrected chi connectivity index (χ4v) is 4.76. The summed E-state index contributed by atoms with van der Waals surface area (Å²) in [7, 11) is -3.32. The first-order valence-electron chi connectivity index (χ1n) is 7.91. The number of nitrogens with one attached hydrogen (secondary N) is 1. The molecule has 5 nitrogen and oxygen atoms in total. The molecule has 1 saturated heterocycles. The van der Waals surface area contributed by atoms with Gasteiger partial charge in [0.2, 0.25) is 0 Å². The molecule has 0 aliphatic carbocycles. The van der Waals surface area contributed by atoms with Crippen LogP contribution in [0.15, 0.2) is 0 Å². The molecule has 120 valence electrons. The molecule has 0 radical (unpaired) electrons. The molecule has 0 aromatic rings. The second-order valence-electron chi connectivity index (χ2n) is 5.92. The van der Waals surface area contributed by atoms with Crippen molar-refractivity contribution in [3.63, 3.8) is 0 Å². The van der Waals surface area contributed by atoms with Crippen LogP contribution in [-0.2, 0) is 10.2 Å². The third-order valence-electron chi connectivity index (χ3n) is 3.75. The van der Waals surface area contributed by atoms with Gasteiger partial charge in [0.25, 0.3) is 10.2 Å². The van der Waals surface area contributed by atoms with Crippen molar-refractivity contribution < 1.29 is 8.42 Å². The predicted molar refractivity (Wildman–Crippen MR) is 83.9 cm³/mol. The highest BCUT2D eigenvalue weighted by Gasteiger charge is 2.35. The third-order valence-corrected chi connectivity index (χ3v) is 5.88. The smallest absolute Gasteiger partial charge is 0.282 e. The molecule has 1 unspecified atom stereocenters. The topological polar surface area (TPSA) is 52.7 Å². The van der Waals surface area contributed by atoms with Crippen molar-refractivity contribution in [1.29, 1.82) is 0 Å². The molecule has 20 heavy (non-hydrogen) atoms. The lowest BCUT2D eigenvalue weighted by Gasteiger charge is -2.38. The molecular formula is C14H31N3O2S. The Kier molecular flexibility index (Phi) is 7.43. The maximum absolute atomic E-state index is 12.8. The van der Waals surface area contributed by atoms with E-state index in [1.807, 2.05) is 6.92 Å². The zero-order valence-corrected chi connectivity index (χ0v) is 14.2. The summed E-state index contributed by atoms with van der Waals surface area (Å²) in [5.41, 5.74) is 0. The van der Waals surface area contributed by atoms with Gasteiger partial charge in [0, 0.05) is 32.2 Å². The van der Waals surface area contributed by atoms with Crippen molar-refractivity contribution in [3.05, 3.63) is 0 Å². The molecule has 0 amide bonds. The van der Waals surface area contributed by atoms with Crippen LogP contribution in [0.2, 0.25) is 0 Å². The molecule has 0 saturated carbocycles. The molecule has 1 heterocycles. The summed E-state index contributed by atoms with van der Waals surface area (Å²) in [6.07, 6.45) is 3.06. The van der Waals surface area contributed by atoms with E-state index in [1.165, 1.54) is 0 Å². The minimum absolute atomic E-state index is 0.106. The first-order chi connectivity index (χ1) is 9.43. The van der Waals surface area contributed by atoms with Crippen LogP contribution in [0.25, 0.3) is 0 Å². The van der Waals surface area contributed by atoms with Crippen molar-refractivity contribution in [2.75, 3.05) is 32.7 Å². The monoisotopic (exact) mass is 305 g/mol. The summed E-state index contributed by atoms with van der Waals surface area (Å²) in [6.45, 7) is 11.5. The maximum atomic E-state index is 12.8. The normalized spacial score (nSPS) is 21.8. The van der Waals surface area contributed by atoms with Crippen molar-refractivity contribution in [3.8, 4) is 0 Å². The van der Waals surface area contributed by atoms with Crippen LogP contribution >= 0.6 is 0 Å². The summed E-state index contributed by atoms with van der Waals surface area (Å²) in [5.74, 6) is 0.349. The van der Waals surface area contributed by atoms with E-state index in [4.69, 9.17) is 0 Å².